The number of hydrogen-bond acceptors (Lipinski definition) is 3. The van der Waals surface area contributed by atoms with Crippen molar-refractivity contribution in [2.75, 3.05) is 4.90 Å². The van der Waals surface area contributed by atoms with Crippen molar-refractivity contribution in [2.45, 2.75) is 32.0 Å². The van der Waals surface area contributed by atoms with E-state index in [1.54, 1.807) is 12.3 Å². The van der Waals surface area contributed by atoms with Crippen molar-refractivity contribution in [3.63, 3.8) is 0 Å². The minimum Gasteiger partial charge on any atom is -0.491 e. The third kappa shape index (κ3) is 4.26. The maximum atomic E-state index is 14.1. The van der Waals surface area contributed by atoms with Gasteiger partial charge in [0.05, 0.1) is 17.8 Å². The van der Waals surface area contributed by atoms with E-state index in [1.807, 2.05) is 85.3 Å². The average molecular weight is 473 g/mol. The Balaban J connectivity index is 1.61. The van der Waals surface area contributed by atoms with Crippen LogP contribution in [0.25, 0.3) is 5.69 Å². The molecule has 1 aliphatic heterocycles. The van der Waals surface area contributed by atoms with Crippen LogP contribution in [0.1, 0.15) is 37.3 Å². The second-order valence-corrected chi connectivity index (χ2v) is 8.83. The van der Waals surface area contributed by atoms with Gasteiger partial charge < -0.3 is 19.5 Å². The second-order valence-electron chi connectivity index (χ2n) is 8.44. The van der Waals surface area contributed by atoms with E-state index in [4.69, 9.17) is 17.0 Å². The number of nitrogens with one attached hydrogen (secondary N) is 1. The summed E-state index contributed by atoms with van der Waals surface area (Å²) in [6.07, 6.45) is 3.82. The molecule has 1 aliphatic rings. The highest BCUT2D eigenvalue weighted by molar-refractivity contribution is 7.80. The van der Waals surface area contributed by atoms with Gasteiger partial charge in [0.25, 0.3) is 0 Å². The van der Waals surface area contributed by atoms with Gasteiger partial charge in [-0.15, -0.1) is 0 Å². The summed E-state index contributed by atoms with van der Waals surface area (Å²) in [5.41, 5.74) is 3.53. The molecule has 7 heteroatoms. The number of nitrogens with zero attached hydrogens (tertiary/aromatic N) is 3. The molecule has 0 amide bonds. The number of halogens is 1. The largest absolute Gasteiger partial charge is 0.491 e. The van der Waals surface area contributed by atoms with E-state index in [1.165, 1.54) is 12.1 Å². The van der Waals surface area contributed by atoms with Gasteiger partial charge in [-0.25, -0.2) is 4.39 Å². The predicted molar refractivity (Wildman–Crippen MR) is 136 cm³/mol. The van der Waals surface area contributed by atoms with Crippen molar-refractivity contribution in [1.82, 2.24) is 14.9 Å². The summed E-state index contributed by atoms with van der Waals surface area (Å²) in [7, 11) is 0. The Bertz CT molecular complexity index is 1290. The fourth-order valence-electron chi connectivity index (χ4n) is 4.39. The Morgan fingerprint density at radius 1 is 0.971 bits per heavy atom. The SMILES string of the molecule is CC(C)Oc1ccc(N2C(=S)N[C@@H](c3ccccn3)[C@H]2c2cccn2-c2cccc(F)c2)cc1. The molecule has 0 aliphatic carbocycles. The normalized spacial score (nSPS) is 17.8. The molecule has 0 saturated carbocycles. The fraction of sp³-hybridized carbons (Fsp3) is 0.185. The Morgan fingerprint density at radius 2 is 1.79 bits per heavy atom. The monoisotopic (exact) mass is 472 g/mol. The van der Waals surface area contributed by atoms with Crippen molar-refractivity contribution in [2.24, 2.45) is 0 Å². The lowest BCUT2D eigenvalue weighted by Crippen LogP contribution is -2.30. The average Bonchev–Trinajstić information content (AvgIpc) is 3.44. The van der Waals surface area contributed by atoms with Gasteiger partial charge in [-0.3, -0.25) is 4.98 Å². The number of ether oxygens (including phenoxy) is 1. The van der Waals surface area contributed by atoms with Crippen LogP contribution in [-0.4, -0.2) is 20.8 Å². The van der Waals surface area contributed by atoms with Gasteiger partial charge in [0, 0.05) is 29.5 Å². The number of rotatable bonds is 6. The minimum atomic E-state index is -0.281. The van der Waals surface area contributed by atoms with Gasteiger partial charge in [0.15, 0.2) is 5.11 Å². The summed E-state index contributed by atoms with van der Waals surface area (Å²) in [5.74, 6) is 0.522. The Hall–Kier alpha value is -3.71. The zero-order chi connectivity index (χ0) is 23.7. The molecule has 34 heavy (non-hydrogen) atoms. The van der Waals surface area contributed by atoms with Crippen molar-refractivity contribution in [3.8, 4) is 11.4 Å². The maximum Gasteiger partial charge on any atom is 0.174 e. The third-order valence-corrected chi connectivity index (χ3v) is 6.07. The number of pyridine rings is 1. The third-order valence-electron chi connectivity index (χ3n) is 5.75. The molecule has 0 radical (unpaired) electrons. The van der Waals surface area contributed by atoms with Crippen LogP contribution in [-0.2, 0) is 0 Å². The Kier molecular flexibility index (Phi) is 6.02. The van der Waals surface area contributed by atoms with Gasteiger partial charge >= 0.3 is 0 Å². The van der Waals surface area contributed by atoms with E-state index in [9.17, 15) is 4.39 Å². The number of thiocarbonyl (C=S) groups is 1. The van der Waals surface area contributed by atoms with Crippen LogP contribution in [0.2, 0.25) is 0 Å². The number of benzene rings is 2. The molecule has 2 atom stereocenters. The lowest BCUT2D eigenvalue weighted by atomic mass is 10.0. The predicted octanol–water partition coefficient (Wildman–Crippen LogP) is 5.98. The molecule has 1 saturated heterocycles. The molecule has 5 nitrogen and oxygen atoms in total. The summed E-state index contributed by atoms with van der Waals surface area (Å²) in [6.45, 7) is 4.00. The molecule has 1 fully saturated rings. The quantitative estimate of drug-likeness (QED) is 0.350. The molecule has 3 heterocycles. The van der Waals surface area contributed by atoms with Crippen LogP contribution < -0.4 is 15.0 Å². The molecule has 0 unspecified atom stereocenters. The van der Waals surface area contributed by atoms with Crippen LogP contribution in [0.4, 0.5) is 10.1 Å². The highest BCUT2D eigenvalue weighted by Gasteiger charge is 2.42. The second kappa shape index (κ2) is 9.27. The summed E-state index contributed by atoms with van der Waals surface area (Å²) in [6, 6.07) is 24.0. The van der Waals surface area contributed by atoms with Gasteiger partial charge in [-0.05, 0) is 92.8 Å². The lowest BCUT2D eigenvalue weighted by molar-refractivity contribution is 0.242. The van der Waals surface area contributed by atoms with Crippen LogP contribution >= 0.6 is 12.2 Å². The molecule has 4 aromatic rings. The first kappa shape index (κ1) is 22.1. The van der Waals surface area contributed by atoms with Crippen LogP contribution in [0.15, 0.2) is 91.3 Å². The standard InChI is InChI=1S/C27H25FN4OS/c1-18(2)33-22-13-11-20(12-14-22)32-26(25(30-27(32)34)23-9-3-4-15-29-23)24-10-6-16-31(24)21-8-5-7-19(28)17-21/h3-18,25-26H,1-2H3,(H,30,34)/t25-,26+/m0/s1. The summed E-state index contributed by atoms with van der Waals surface area (Å²) >= 11 is 5.82. The molecule has 0 bridgehead atoms. The molecule has 5 rings (SSSR count). The molecule has 172 valence electrons. The topological polar surface area (TPSA) is 42.3 Å². The molecular weight excluding hydrogens is 447 g/mol. The Labute approximate surface area is 203 Å². The molecule has 2 aromatic carbocycles. The summed E-state index contributed by atoms with van der Waals surface area (Å²) in [5, 5.41) is 4.07. The van der Waals surface area contributed by atoms with E-state index in [0.29, 0.717) is 5.11 Å². The van der Waals surface area contributed by atoms with Crippen molar-refractivity contribution < 1.29 is 9.13 Å². The highest BCUT2D eigenvalue weighted by Crippen LogP contribution is 2.42. The van der Waals surface area contributed by atoms with Crippen molar-refractivity contribution in [1.29, 1.82) is 0 Å². The minimum absolute atomic E-state index is 0.0937. The van der Waals surface area contributed by atoms with Crippen LogP contribution in [0, 0.1) is 5.82 Å². The number of anilines is 1. The van der Waals surface area contributed by atoms with E-state index in [2.05, 4.69) is 15.2 Å². The molecule has 1 N–H and O–H groups in total. The highest BCUT2D eigenvalue weighted by atomic mass is 32.1. The molecular formula is C27H25FN4OS. The fourth-order valence-corrected chi connectivity index (χ4v) is 4.73. The van der Waals surface area contributed by atoms with Gasteiger partial charge in [0.1, 0.15) is 17.6 Å². The zero-order valence-electron chi connectivity index (χ0n) is 18.9. The first-order chi connectivity index (χ1) is 16.5. The zero-order valence-corrected chi connectivity index (χ0v) is 19.7. The summed E-state index contributed by atoms with van der Waals surface area (Å²) < 4.78 is 21.9. The van der Waals surface area contributed by atoms with Gasteiger partial charge in [-0.1, -0.05) is 12.1 Å². The van der Waals surface area contributed by atoms with Crippen LogP contribution in [0.3, 0.4) is 0 Å². The van der Waals surface area contributed by atoms with Crippen molar-refractivity contribution >= 4 is 23.0 Å². The first-order valence-corrected chi connectivity index (χ1v) is 11.6. The van der Waals surface area contributed by atoms with Crippen LogP contribution in [0.5, 0.6) is 5.75 Å². The van der Waals surface area contributed by atoms with E-state index < -0.39 is 0 Å². The summed E-state index contributed by atoms with van der Waals surface area (Å²) in [4.78, 5) is 6.70. The van der Waals surface area contributed by atoms with E-state index in [-0.39, 0.29) is 24.0 Å². The van der Waals surface area contributed by atoms with E-state index in [0.717, 1.165) is 28.5 Å². The van der Waals surface area contributed by atoms with Crippen molar-refractivity contribution in [3.05, 3.63) is 108 Å². The van der Waals surface area contributed by atoms with Gasteiger partial charge in [0.2, 0.25) is 0 Å². The smallest absolute Gasteiger partial charge is 0.174 e. The van der Waals surface area contributed by atoms with E-state index >= 15 is 0 Å². The maximum absolute atomic E-state index is 14.1. The van der Waals surface area contributed by atoms with Gasteiger partial charge in [-0.2, -0.15) is 0 Å². The number of hydrogen-bond donors (Lipinski definition) is 1. The lowest BCUT2D eigenvalue weighted by Gasteiger charge is -2.29. The molecule has 0 spiro atoms. The molecule has 2 aromatic heterocycles. The first-order valence-electron chi connectivity index (χ1n) is 11.2. The number of aromatic nitrogens is 2. The Morgan fingerprint density at radius 3 is 2.50 bits per heavy atom.